The second-order valence-electron chi connectivity index (χ2n) is 4.11. The van der Waals surface area contributed by atoms with Crippen LogP contribution in [0.2, 0.25) is 0 Å². The van der Waals surface area contributed by atoms with Crippen LogP contribution < -0.4 is 0 Å². The van der Waals surface area contributed by atoms with Crippen molar-refractivity contribution in [2.24, 2.45) is 0 Å². The number of β-amino-alcohol motifs (C(OH)–C–C–N with tert-alkyl or cyclic N) is 1. The van der Waals surface area contributed by atoms with Gasteiger partial charge in [0.05, 0.1) is 11.9 Å². The van der Waals surface area contributed by atoms with Crippen LogP contribution in [0.25, 0.3) is 0 Å². The summed E-state index contributed by atoms with van der Waals surface area (Å²) in [6.07, 6.45) is -0.575. The maximum atomic E-state index is 13.1. The molecule has 3 nitrogen and oxygen atoms in total. The molecular weight excluding hydrogens is 241 g/mol. The quantitative estimate of drug-likeness (QED) is 0.895. The van der Waals surface area contributed by atoms with Gasteiger partial charge in [0.25, 0.3) is 0 Å². The van der Waals surface area contributed by atoms with Gasteiger partial charge in [-0.1, -0.05) is 12.1 Å². The van der Waals surface area contributed by atoms with Crippen LogP contribution in [-0.4, -0.2) is 34.3 Å². The van der Waals surface area contributed by atoms with Crippen molar-refractivity contribution < 1.29 is 14.3 Å². The van der Waals surface area contributed by atoms with Gasteiger partial charge in [-0.3, -0.25) is 4.79 Å². The van der Waals surface area contributed by atoms with Crippen LogP contribution in [0.5, 0.6) is 0 Å². The van der Waals surface area contributed by atoms with Crippen molar-refractivity contribution in [2.45, 2.75) is 18.4 Å². The molecule has 1 fully saturated rings. The predicted molar refractivity (Wildman–Crippen MR) is 65.0 cm³/mol. The summed E-state index contributed by atoms with van der Waals surface area (Å²) >= 11 is 1.46. The molecule has 2 unspecified atom stereocenters. The highest BCUT2D eigenvalue weighted by molar-refractivity contribution is 8.00. The number of benzene rings is 1. The fourth-order valence-corrected chi connectivity index (χ4v) is 3.06. The molecule has 2 rings (SSSR count). The lowest BCUT2D eigenvalue weighted by Crippen LogP contribution is -2.34. The van der Waals surface area contributed by atoms with Crippen molar-refractivity contribution in [3.05, 3.63) is 35.6 Å². The number of carbonyl (C=O) groups is 1. The topological polar surface area (TPSA) is 40.5 Å². The second-order valence-corrected chi connectivity index (χ2v) is 5.18. The van der Waals surface area contributed by atoms with Crippen LogP contribution in [0.1, 0.15) is 17.9 Å². The predicted octanol–water partition coefficient (Wildman–Crippen LogP) is 1.78. The zero-order valence-electron chi connectivity index (χ0n) is 9.47. The first-order valence-electron chi connectivity index (χ1n) is 5.42. The Kier molecular flexibility index (Phi) is 3.69. The van der Waals surface area contributed by atoms with E-state index in [2.05, 4.69) is 0 Å². The van der Waals surface area contributed by atoms with E-state index in [0.717, 1.165) is 5.56 Å². The molecule has 2 atom stereocenters. The highest BCUT2D eigenvalue weighted by atomic mass is 32.2. The Morgan fingerprint density at radius 2 is 2.41 bits per heavy atom. The van der Waals surface area contributed by atoms with Crippen LogP contribution in [0.4, 0.5) is 4.39 Å². The number of rotatable bonds is 3. The van der Waals surface area contributed by atoms with Crippen molar-refractivity contribution in [3.8, 4) is 0 Å². The molecule has 1 aromatic carbocycles. The van der Waals surface area contributed by atoms with Gasteiger partial charge in [0.2, 0.25) is 5.91 Å². The Labute approximate surface area is 104 Å². The lowest BCUT2D eigenvalue weighted by atomic mass is 10.2. The van der Waals surface area contributed by atoms with E-state index in [1.165, 1.54) is 23.9 Å². The monoisotopic (exact) mass is 255 g/mol. The first-order valence-corrected chi connectivity index (χ1v) is 6.47. The maximum absolute atomic E-state index is 13.1. The van der Waals surface area contributed by atoms with Crippen LogP contribution in [-0.2, 0) is 4.79 Å². The van der Waals surface area contributed by atoms with E-state index in [9.17, 15) is 14.3 Å². The van der Waals surface area contributed by atoms with Crippen molar-refractivity contribution in [2.75, 3.05) is 12.3 Å². The molecule has 17 heavy (non-hydrogen) atoms. The van der Waals surface area contributed by atoms with E-state index in [-0.39, 0.29) is 23.6 Å². The zero-order valence-corrected chi connectivity index (χ0v) is 10.3. The van der Waals surface area contributed by atoms with Crippen LogP contribution in [0, 0.1) is 5.82 Å². The van der Waals surface area contributed by atoms with Gasteiger partial charge in [-0.15, -0.1) is 11.8 Å². The van der Waals surface area contributed by atoms with Crippen molar-refractivity contribution in [3.63, 3.8) is 0 Å². The number of aliphatic hydroxyl groups is 1. The Hall–Kier alpha value is -1.07. The van der Waals surface area contributed by atoms with Crippen molar-refractivity contribution in [1.29, 1.82) is 0 Å². The zero-order chi connectivity index (χ0) is 12.4. The van der Waals surface area contributed by atoms with E-state index in [1.807, 2.05) is 0 Å². The number of halogens is 1. The summed E-state index contributed by atoms with van der Waals surface area (Å²) in [6.45, 7) is 1.92. The third-order valence-corrected chi connectivity index (χ3v) is 3.82. The molecule has 1 aliphatic rings. The first-order chi connectivity index (χ1) is 8.08. The van der Waals surface area contributed by atoms with Gasteiger partial charge in [-0.05, 0) is 24.6 Å². The largest absolute Gasteiger partial charge is 0.392 e. The number of amides is 1. The third-order valence-electron chi connectivity index (χ3n) is 2.56. The van der Waals surface area contributed by atoms with Crippen LogP contribution >= 0.6 is 11.8 Å². The maximum Gasteiger partial charge on any atom is 0.233 e. The highest BCUT2D eigenvalue weighted by Gasteiger charge is 2.33. The Balaban J connectivity index is 2.22. The Morgan fingerprint density at radius 3 is 3.06 bits per heavy atom. The average Bonchev–Trinajstić information content (AvgIpc) is 2.60. The fraction of sp³-hybridized carbons (Fsp3) is 0.417. The molecule has 1 aromatic rings. The van der Waals surface area contributed by atoms with E-state index in [4.69, 9.17) is 0 Å². The molecule has 0 bridgehead atoms. The highest BCUT2D eigenvalue weighted by Crippen LogP contribution is 2.38. The smallest absolute Gasteiger partial charge is 0.233 e. The average molecular weight is 255 g/mol. The minimum Gasteiger partial charge on any atom is -0.392 e. The molecule has 1 heterocycles. The standard InChI is InChI=1S/C12H14FNO2S/c1-8(15)6-14-11(16)7-17-12(14)9-3-2-4-10(13)5-9/h2-5,8,12,15H,6-7H2,1H3. The summed E-state index contributed by atoms with van der Waals surface area (Å²) in [7, 11) is 0. The molecule has 0 aliphatic carbocycles. The SMILES string of the molecule is CC(O)CN1C(=O)CSC1c1cccc(F)c1. The van der Waals surface area contributed by atoms with Crippen LogP contribution in [0.3, 0.4) is 0 Å². The number of aliphatic hydroxyl groups excluding tert-OH is 1. The van der Waals surface area contributed by atoms with Gasteiger partial charge >= 0.3 is 0 Å². The van der Waals surface area contributed by atoms with Gasteiger partial charge < -0.3 is 10.0 Å². The lowest BCUT2D eigenvalue weighted by Gasteiger charge is -2.25. The minimum absolute atomic E-state index is 0.00911. The number of hydrogen-bond donors (Lipinski definition) is 1. The van der Waals surface area contributed by atoms with E-state index in [1.54, 1.807) is 24.0 Å². The number of nitrogens with zero attached hydrogens (tertiary/aromatic N) is 1. The van der Waals surface area contributed by atoms with Gasteiger partial charge in [-0.2, -0.15) is 0 Å². The van der Waals surface area contributed by atoms with Gasteiger partial charge in [0.1, 0.15) is 11.2 Å². The molecule has 1 aliphatic heterocycles. The van der Waals surface area contributed by atoms with E-state index >= 15 is 0 Å². The molecule has 0 radical (unpaired) electrons. The molecule has 1 amide bonds. The van der Waals surface area contributed by atoms with Crippen molar-refractivity contribution >= 4 is 17.7 Å². The van der Waals surface area contributed by atoms with Crippen LogP contribution in [0.15, 0.2) is 24.3 Å². The molecule has 1 N–H and O–H groups in total. The Morgan fingerprint density at radius 1 is 1.65 bits per heavy atom. The van der Waals surface area contributed by atoms with Gasteiger partial charge in [0, 0.05) is 6.54 Å². The third kappa shape index (κ3) is 2.79. The van der Waals surface area contributed by atoms with Crippen molar-refractivity contribution in [1.82, 2.24) is 4.90 Å². The summed E-state index contributed by atoms with van der Waals surface area (Å²) in [5.41, 5.74) is 0.765. The number of hydrogen-bond acceptors (Lipinski definition) is 3. The lowest BCUT2D eigenvalue weighted by molar-refractivity contribution is -0.129. The molecule has 5 heteroatoms. The molecule has 0 aromatic heterocycles. The molecule has 92 valence electrons. The summed E-state index contributed by atoms with van der Waals surface area (Å²) in [4.78, 5) is 13.3. The first kappa shape index (κ1) is 12.4. The Bertz CT molecular complexity index is 425. The fourth-order valence-electron chi connectivity index (χ4n) is 1.87. The summed E-state index contributed by atoms with van der Waals surface area (Å²) in [6, 6.07) is 6.25. The molecule has 1 saturated heterocycles. The summed E-state index contributed by atoms with van der Waals surface area (Å²) in [5, 5.41) is 9.19. The number of carbonyl (C=O) groups excluding carboxylic acids is 1. The molecule has 0 saturated carbocycles. The summed E-state index contributed by atoms with van der Waals surface area (Å²) < 4.78 is 13.1. The number of thioether (sulfide) groups is 1. The van der Waals surface area contributed by atoms with E-state index in [0.29, 0.717) is 5.75 Å². The molecular formula is C12H14FNO2S. The summed E-state index contributed by atoms with van der Waals surface area (Å²) in [5.74, 6) is 0.0677. The van der Waals surface area contributed by atoms with Gasteiger partial charge in [-0.25, -0.2) is 4.39 Å². The molecule has 0 spiro atoms. The second kappa shape index (κ2) is 5.06. The normalized spacial score (nSPS) is 21.9. The van der Waals surface area contributed by atoms with E-state index < -0.39 is 6.10 Å². The van der Waals surface area contributed by atoms with Gasteiger partial charge in [0.15, 0.2) is 0 Å². The minimum atomic E-state index is -0.575.